The Hall–Kier alpha value is -0.400. The van der Waals surface area contributed by atoms with Gasteiger partial charge in [0.1, 0.15) is 12.7 Å². The summed E-state index contributed by atoms with van der Waals surface area (Å²) in [4.78, 5) is 21.7. The number of hydrogen-bond acceptors (Lipinski definition) is 7. The molecule has 0 N–H and O–H groups in total. The molecule has 0 bridgehead atoms. The molecule has 0 rings (SSSR count). The first-order valence-electron chi connectivity index (χ1n) is 5.18. The van der Waals surface area contributed by atoms with Crippen molar-refractivity contribution in [3.05, 3.63) is 0 Å². The smallest absolute Gasteiger partial charge is 0.315 e. The monoisotopic (exact) mass is 282 g/mol. The Kier molecular flexibility index (Phi) is 9.39. The molecule has 0 saturated carbocycles. The van der Waals surface area contributed by atoms with E-state index in [0.717, 1.165) is 0 Å². The average molecular weight is 282 g/mol. The zero-order valence-electron chi connectivity index (χ0n) is 9.92. The van der Waals surface area contributed by atoms with Gasteiger partial charge in [0.25, 0.3) is 0 Å². The molecule has 0 amide bonds. The summed E-state index contributed by atoms with van der Waals surface area (Å²) in [6.45, 7) is 3.89. The van der Waals surface area contributed by atoms with Gasteiger partial charge in [0, 0.05) is 0 Å². The first kappa shape index (κ1) is 16.6. The summed E-state index contributed by atoms with van der Waals surface area (Å²) in [6, 6.07) is 0. The van der Waals surface area contributed by atoms with Crippen molar-refractivity contribution in [2.75, 3.05) is 24.7 Å². The van der Waals surface area contributed by atoms with Crippen molar-refractivity contribution in [3.8, 4) is 0 Å². The molecule has 17 heavy (non-hydrogen) atoms. The molecular formula is C10H18O5S2. The van der Waals surface area contributed by atoms with Gasteiger partial charge >= 0.3 is 11.9 Å². The second-order valence-electron chi connectivity index (χ2n) is 3.44. The molecule has 0 aromatic heterocycles. The fourth-order valence-electron chi connectivity index (χ4n) is 0.900. The van der Waals surface area contributed by atoms with Gasteiger partial charge in [0.2, 0.25) is 0 Å². The van der Waals surface area contributed by atoms with E-state index in [-0.39, 0.29) is 36.9 Å². The van der Waals surface area contributed by atoms with Gasteiger partial charge in [-0.25, -0.2) is 0 Å². The summed E-state index contributed by atoms with van der Waals surface area (Å²) in [6.07, 6.45) is -0.603. The Morgan fingerprint density at radius 3 is 2.12 bits per heavy atom. The molecule has 0 aliphatic rings. The van der Waals surface area contributed by atoms with E-state index in [2.05, 4.69) is 25.3 Å². The number of carbonyl (C=O) groups excluding carboxylic acids is 2. The number of carbonyl (C=O) groups is 2. The van der Waals surface area contributed by atoms with Crippen molar-refractivity contribution < 1.29 is 23.8 Å². The van der Waals surface area contributed by atoms with Crippen LogP contribution >= 0.6 is 25.3 Å². The molecule has 0 heterocycles. The second kappa shape index (κ2) is 9.61. The van der Waals surface area contributed by atoms with Crippen molar-refractivity contribution in [1.29, 1.82) is 0 Å². The summed E-state index contributed by atoms with van der Waals surface area (Å²) in [5.74, 6) is -0.695. The highest BCUT2D eigenvalue weighted by Crippen LogP contribution is 1.99. The molecule has 0 fully saturated rings. The fourth-order valence-corrected chi connectivity index (χ4v) is 1.07. The van der Waals surface area contributed by atoms with Crippen molar-refractivity contribution in [3.63, 3.8) is 0 Å². The van der Waals surface area contributed by atoms with Crippen molar-refractivity contribution >= 4 is 37.2 Å². The first-order valence-corrected chi connectivity index (χ1v) is 6.44. The van der Waals surface area contributed by atoms with Crippen LogP contribution in [0.5, 0.6) is 0 Å². The van der Waals surface area contributed by atoms with Crippen LogP contribution in [-0.4, -0.2) is 48.9 Å². The van der Waals surface area contributed by atoms with Gasteiger partial charge in [-0.05, 0) is 13.8 Å². The molecule has 0 aromatic carbocycles. The SMILES string of the molecule is CC(COC(=O)CS)OCC(C)OC(=O)CS. The van der Waals surface area contributed by atoms with E-state index in [4.69, 9.17) is 14.2 Å². The van der Waals surface area contributed by atoms with Crippen molar-refractivity contribution in [2.24, 2.45) is 0 Å². The predicted molar refractivity (Wildman–Crippen MR) is 69.6 cm³/mol. The lowest BCUT2D eigenvalue weighted by Gasteiger charge is -2.17. The highest BCUT2D eigenvalue weighted by molar-refractivity contribution is 7.81. The third-order valence-electron chi connectivity index (χ3n) is 1.69. The Morgan fingerprint density at radius 1 is 1.00 bits per heavy atom. The van der Waals surface area contributed by atoms with Gasteiger partial charge in [0.05, 0.1) is 24.2 Å². The van der Waals surface area contributed by atoms with Crippen LogP contribution in [0.2, 0.25) is 0 Å². The molecule has 0 aliphatic carbocycles. The van der Waals surface area contributed by atoms with Gasteiger partial charge in [-0.15, -0.1) is 0 Å². The second-order valence-corrected chi connectivity index (χ2v) is 4.08. The van der Waals surface area contributed by atoms with E-state index in [1.165, 1.54) is 0 Å². The summed E-state index contributed by atoms with van der Waals surface area (Å²) in [7, 11) is 0. The highest BCUT2D eigenvalue weighted by atomic mass is 32.1. The maximum absolute atomic E-state index is 10.9. The van der Waals surface area contributed by atoms with Gasteiger partial charge in [-0.1, -0.05) is 0 Å². The van der Waals surface area contributed by atoms with Gasteiger partial charge in [-0.2, -0.15) is 25.3 Å². The maximum atomic E-state index is 10.9. The Bertz CT molecular complexity index is 247. The minimum Gasteiger partial charge on any atom is -0.462 e. The number of ether oxygens (including phenoxy) is 3. The van der Waals surface area contributed by atoms with E-state index >= 15 is 0 Å². The summed E-state index contributed by atoms with van der Waals surface area (Å²) in [5, 5.41) is 0. The number of esters is 2. The fraction of sp³-hybridized carbons (Fsp3) is 0.800. The number of hydrogen-bond donors (Lipinski definition) is 2. The molecule has 2 atom stereocenters. The van der Waals surface area contributed by atoms with Crippen LogP contribution in [0.4, 0.5) is 0 Å². The minimum atomic E-state index is -0.390. The predicted octanol–water partition coefficient (Wildman–Crippen LogP) is 0.726. The zero-order valence-corrected chi connectivity index (χ0v) is 11.7. The maximum Gasteiger partial charge on any atom is 0.315 e. The van der Waals surface area contributed by atoms with E-state index in [1.54, 1.807) is 13.8 Å². The van der Waals surface area contributed by atoms with Gasteiger partial charge in [-0.3, -0.25) is 9.59 Å². The summed E-state index contributed by atoms with van der Waals surface area (Å²) < 4.78 is 15.1. The molecule has 100 valence electrons. The molecule has 0 aromatic rings. The average Bonchev–Trinajstić information content (AvgIpc) is 2.32. The largest absolute Gasteiger partial charge is 0.462 e. The van der Waals surface area contributed by atoms with Crippen molar-refractivity contribution in [1.82, 2.24) is 0 Å². The standard InChI is InChI=1S/C10H18O5S2/c1-7(3-14-9(11)5-16)13-4-8(2)15-10(12)6-17/h7-8,16-17H,3-6H2,1-2H3. The molecule has 0 spiro atoms. The normalized spacial score (nSPS) is 13.9. The lowest BCUT2D eigenvalue weighted by atomic mass is 10.4. The Morgan fingerprint density at radius 2 is 1.59 bits per heavy atom. The summed E-state index contributed by atoms with van der Waals surface area (Å²) in [5.41, 5.74) is 0. The molecule has 7 heteroatoms. The van der Waals surface area contributed by atoms with Crippen LogP contribution < -0.4 is 0 Å². The quantitative estimate of drug-likeness (QED) is 0.507. The molecular weight excluding hydrogens is 264 g/mol. The molecule has 2 unspecified atom stereocenters. The lowest BCUT2D eigenvalue weighted by molar-refractivity contribution is -0.151. The van der Waals surface area contributed by atoms with E-state index in [1.807, 2.05) is 0 Å². The van der Waals surface area contributed by atoms with Crippen LogP contribution in [0, 0.1) is 0 Å². The Balaban J connectivity index is 3.65. The van der Waals surface area contributed by atoms with Crippen LogP contribution in [0.25, 0.3) is 0 Å². The number of rotatable bonds is 8. The van der Waals surface area contributed by atoms with Crippen molar-refractivity contribution in [2.45, 2.75) is 26.1 Å². The molecule has 0 aliphatic heterocycles. The van der Waals surface area contributed by atoms with Crippen LogP contribution in [0.15, 0.2) is 0 Å². The molecule has 0 saturated heterocycles. The van der Waals surface area contributed by atoms with Gasteiger partial charge in [0.15, 0.2) is 0 Å². The molecule has 0 radical (unpaired) electrons. The topological polar surface area (TPSA) is 61.8 Å². The minimum absolute atomic E-state index is 0.0411. The Labute approximate surface area is 112 Å². The zero-order chi connectivity index (χ0) is 13.3. The van der Waals surface area contributed by atoms with Crippen LogP contribution in [0.1, 0.15) is 13.8 Å². The lowest BCUT2D eigenvalue weighted by Crippen LogP contribution is -2.26. The van der Waals surface area contributed by atoms with Crippen LogP contribution in [0.3, 0.4) is 0 Å². The van der Waals surface area contributed by atoms with E-state index in [0.29, 0.717) is 0 Å². The molecule has 5 nitrogen and oxygen atoms in total. The van der Waals surface area contributed by atoms with Gasteiger partial charge < -0.3 is 14.2 Å². The van der Waals surface area contributed by atoms with E-state index < -0.39 is 11.9 Å². The highest BCUT2D eigenvalue weighted by Gasteiger charge is 2.11. The first-order chi connectivity index (χ1) is 7.99. The van der Waals surface area contributed by atoms with E-state index in [9.17, 15) is 9.59 Å². The summed E-state index contributed by atoms with van der Waals surface area (Å²) >= 11 is 7.56. The number of thiol groups is 2. The van der Waals surface area contributed by atoms with Crippen LogP contribution in [-0.2, 0) is 23.8 Å². The third kappa shape index (κ3) is 9.31. The third-order valence-corrected chi connectivity index (χ3v) is 2.20.